The Hall–Kier alpha value is -0.570. The van der Waals surface area contributed by atoms with Crippen LogP contribution in [0.15, 0.2) is 18.2 Å². The van der Waals surface area contributed by atoms with Crippen molar-refractivity contribution in [2.75, 3.05) is 11.1 Å². The zero-order chi connectivity index (χ0) is 8.97. The maximum Gasteiger partial charge on any atom is 0.146 e. The van der Waals surface area contributed by atoms with E-state index in [9.17, 15) is 4.39 Å². The van der Waals surface area contributed by atoms with Crippen molar-refractivity contribution in [3.63, 3.8) is 0 Å². The fourth-order valence-corrected chi connectivity index (χ4v) is 1.28. The topological polar surface area (TPSA) is 26.0 Å². The van der Waals surface area contributed by atoms with Crippen LogP contribution in [0, 0.1) is 5.82 Å². The highest BCUT2D eigenvalue weighted by atomic mass is 79.9. The van der Waals surface area contributed by atoms with E-state index in [-0.39, 0.29) is 11.5 Å². The van der Waals surface area contributed by atoms with E-state index in [2.05, 4.69) is 15.9 Å². The second-order valence-corrected chi connectivity index (χ2v) is 3.44. The highest BCUT2D eigenvalue weighted by molar-refractivity contribution is 9.09. The van der Waals surface area contributed by atoms with E-state index in [4.69, 9.17) is 5.73 Å². The minimum absolute atomic E-state index is 0.220. The van der Waals surface area contributed by atoms with Crippen molar-refractivity contribution in [1.82, 2.24) is 0 Å². The second-order valence-electron chi connectivity index (χ2n) is 2.65. The SMILES string of the molecule is Nc1ccc(CCCBr)cc1F. The van der Waals surface area contributed by atoms with Gasteiger partial charge in [0.15, 0.2) is 0 Å². The molecule has 0 heterocycles. The van der Waals surface area contributed by atoms with Gasteiger partial charge in [0.25, 0.3) is 0 Å². The summed E-state index contributed by atoms with van der Waals surface area (Å²) in [5, 5.41) is 0.943. The van der Waals surface area contributed by atoms with Gasteiger partial charge in [0.1, 0.15) is 5.82 Å². The first-order valence-electron chi connectivity index (χ1n) is 3.84. The first kappa shape index (κ1) is 9.52. The number of aryl methyl sites for hydroxylation is 1. The van der Waals surface area contributed by atoms with Gasteiger partial charge in [-0.1, -0.05) is 22.0 Å². The molecule has 1 aromatic rings. The summed E-state index contributed by atoms with van der Waals surface area (Å²) in [6.45, 7) is 0. The Labute approximate surface area is 79.9 Å². The van der Waals surface area contributed by atoms with Crippen LogP contribution in [0.25, 0.3) is 0 Å². The average molecular weight is 232 g/mol. The van der Waals surface area contributed by atoms with E-state index >= 15 is 0 Å². The van der Waals surface area contributed by atoms with Crippen molar-refractivity contribution < 1.29 is 4.39 Å². The summed E-state index contributed by atoms with van der Waals surface area (Å²) in [5.74, 6) is -0.318. The van der Waals surface area contributed by atoms with E-state index in [1.54, 1.807) is 6.07 Å². The quantitative estimate of drug-likeness (QED) is 0.629. The van der Waals surface area contributed by atoms with E-state index in [0.717, 1.165) is 23.7 Å². The first-order chi connectivity index (χ1) is 5.74. The summed E-state index contributed by atoms with van der Waals surface area (Å²) in [5.41, 5.74) is 6.55. The van der Waals surface area contributed by atoms with Crippen molar-refractivity contribution in [2.45, 2.75) is 12.8 Å². The van der Waals surface area contributed by atoms with Crippen LogP contribution in [0.2, 0.25) is 0 Å². The Morgan fingerprint density at radius 1 is 1.42 bits per heavy atom. The van der Waals surface area contributed by atoms with Crippen LogP contribution in [0.5, 0.6) is 0 Å². The van der Waals surface area contributed by atoms with Crippen LogP contribution in [-0.2, 0) is 6.42 Å². The molecule has 0 spiro atoms. The molecule has 1 nitrogen and oxygen atoms in total. The molecule has 3 heteroatoms. The van der Waals surface area contributed by atoms with Crippen LogP contribution >= 0.6 is 15.9 Å². The first-order valence-corrected chi connectivity index (χ1v) is 4.96. The molecular weight excluding hydrogens is 221 g/mol. The van der Waals surface area contributed by atoms with Gasteiger partial charge in [-0.05, 0) is 30.5 Å². The van der Waals surface area contributed by atoms with Crippen molar-refractivity contribution in [1.29, 1.82) is 0 Å². The molecule has 0 fully saturated rings. The Morgan fingerprint density at radius 3 is 2.75 bits per heavy atom. The van der Waals surface area contributed by atoms with Crippen molar-refractivity contribution in [3.05, 3.63) is 29.6 Å². The van der Waals surface area contributed by atoms with Crippen LogP contribution in [0.4, 0.5) is 10.1 Å². The second kappa shape index (κ2) is 4.45. The lowest BCUT2D eigenvalue weighted by molar-refractivity contribution is 0.630. The fourth-order valence-electron chi connectivity index (χ4n) is 0.997. The van der Waals surface area contributed by atoms with Crippen LogP contribution < -0.4 is 5.73 Å². The highest BCUT2D eigenvalue weighted by Crippen LogP contribution is 2.13. The van der Waals surface area contributed by atoms with Crippen LogP contribution in [-0.4, -0.2) is 5.33 Å². The minimum Gasteiger partial charge on any atom is -0.396 e. The van der Waals surface area contributed by atoms with Gasteiger partial charge in [0.2, 0.25) is 0 Å². The number of hydrogen-bond acceptors (Lipinski definition) is 1. The lowest BCUT2D eigenvalue weighted by Gasteiger charge is -2.01. The van der Waals surface area contributed by atoms with Crippen molar-refractivity contribution >= 4 is 21.6 Å². The third-order valence-corrected chi connectivity index (χ3v) is 2.22. The molecule has 1 rings (SSSR count). The third-order valence-electron chi connectivity index (χ3n) is 1.66. The average Bonchev–Trinajstić information content (AvgIpc) is 2.07. The van der Waals surface area contributed by atoms with Gasteiger partial charge in [-0.2, -0.15) is 0 Å². The normalized spacial score (nSPS) is 10.2. The zero-order valence-corrected chi connectivity index (χ0v) is 8.27. The molecule has 1 aromatic carbocycles. The van der Waals surface area contributed by atoms with E-state index < -0.39 is 0 Å². The summed E-state index contributed by atoms with van der Waals surface area (Å²) >= 11 is 3.32. The standard InChI is InChI=1S/C9H11BrFN/c10-5-1-2-7-3-4-9(12)8(11)6-7/h3-4,6H,1-2,5,12H2. The number of hydrogen-bond donors (Lipinski definition) is 1. The van der Waals surface area contributed by atoms with Crippen molar-refractivity contribution in [2.24, 2.45) is 0 Å². The third kappa shape index (κ3) is 2.48. The van der Waals surface area contributed by atoms with Gasteiger partial charge in [-0.25, -0.2) is 4.39 Å². The minimum atomic E-state index is -0.318. The number of nitrogens with two attached hydrogens (primary N) is 1. The molecule has 0 aliphatic rings. The van der Waals surface area contributed by atoms with E-state index in [1.807, 2.05) is 6.07 Å². The van der Waals surface area contributed by atoms with Crippen LogP contribution in [0.3, 0.4) is 0 Å². The Kier molecular flexibility index (Phi) is 3.53. The summed E-state index contributed by atoms with van der Waals surface area (Å²) in [7, 11) is 0. The molecular formula is C9H11BrFN. The summed E-state index contributed by atoms with van der Waals surface area (Å²) in [4.78, 5) is 0. The molecule has 0 unspecified atom stereocenters. The van der Waals surface area contributed by atoms with Crippen LogP contribution in [0.1, 0.15) is 12.0 Å². The van der Waals surface area contributed by atoms with E-state index in [1.165, 1.54) is 6.07 Å². The molecule has 0 bridgehead atoms. The molecule has 0 aliphatic carbocycles. The molecule has 0 aromatic heterocycles. The molecule has 0 saturated carbocycles. The summed E-state index contributed by atoms with van der Waals surface area (Å²) in [6, 6.07) is 4.97. The highest BCUT2D eigenvalue weighted by Gasteiger charge is 1.98. The fraction of sp³-hybridized carbons (Fsp3) is 0.333. The maximum absolute atomic E-state index is 12.9. The van der Waals surface area contributed by atoms with Gasteiger partial charge in [0.05, 0.1) is 5.69 Å². The smallest absolute Gasteiger partial charge is 0.146 e. The molecule has 2 N–H and O–H groups in total. The summed E-state index contributed by atoms with van der Waals surface area (Å²) < 4.78 is 12.9. The van der Waals surface area contributed by atoms with Gasteiger partial charge in [-0.3, -0.25) is 0 Å². The number of rotatable bonds is 3. The molecule has 0 aliphatic heterocycles. The zero-order valence-electron chi connectivity index (χ0n) is 6.69. The number of alkyl halides is 1. The Bertz CT molecular complexity index is 263. The molecule has 12 heavy (non-hydrogen) atoms. The molecule has 0 atom stereocenters. The largest absolute Gasteiger partial charge is 0.396 e. The predicted molar refractivity (Wildman–Crippen MR) is 52.9 cm³/mol. The maximum atomic E-state index is 12.9. The number of benzene rings is 1. The van der Waals surface area contributed by atoms with E-state index in [0.29, 0.717) is 0 Å². The van der Waals surface area contributed by atoms with Gasteiger partial charge in [0, 0.05) is 5.33 Å². The number of halogens is 2. The Morgan fingerprint density at radius 2 is 2.17 bits per heavy atom. The Balaban J connectivity index is 2.69. The molecule has 0 saturated heterocycles. The monoisotopic (exact) mass is 231 g/mol. The van der Waals surface area contributed by atoms with Gasteiger partial charge in [-0.15, -0.1) is 0 Å². The van der Waals surface area contributed by atoms with Gasteiger partial charge < -0.3 is 5.73 Å². The summed E-state index contributed by atoms with van der Waals surface area (Å²) in [6.07, 6.45) is 1.91. The lowest BCUT2D eigenvalue weighted by Crippen LogP contribution is -1.93. The molecule has 0 amide bonds. The molecule has 0 radical (unpaired) electrons. The number of anilines is 1. The predicted octanol–water partition coefficient (Wildman–Crippen LogP) is 2.74. The molecule has 66 valence electrons. The lowest BCUT2D eigenvalue weighted by atomic mass is 10.1. The van der Waals surface area contributed by atoms with Gasteiger partial charge >= 0.3 is 0 Å². The van der Waals surface area contributed by atoms with Crippen molar-refractivity contribution in [3.8, 4) is 0 Å². The number of nitrogen functional groups attached to an aromatic ring is 1.